The van der Waals surface area contributed by atoms with E-state index in [-0.39, 0.29) is 5.82 Å². The van der Waals surface area contributed by atoms with E-state index in [2.05, 4.69) is 15.3 Å². The Hall–Kier alpha value is -2.44. The number of nitro groups is 1. The zero-order chi connectivity index (χ0) is 13.5. The van der Waals surface area contributed by atoms with Crippen LogP contribution < -0.4 is 5.32 Å². The molecular formula is C12H15N5O2. The number of hydrogen-bond acceptors (Lipinski definition) is 5. The molecule has 0 aliphatic rings. The molecule has 0 fully saturated rings. The molecule has 2 aromatic rings. The summed E-state index contributed by atoms with van der Waals surface area (Å²) in [4.78, 5) is 17.7. The third kappa shape index (κ3) is 4.06. The maximum Gasteiger partial charge on any atom is 0.363 e. The predicted molar refractivity (Wildman–Crippen MR) is 70.8 cm³/mol. The van der Waals surface area contributed by atoms with Crippen molar-refractivity contribution in [3.05, 3.63) is 47.2 Å². The second-order valence-electron chi connectivity index (χ2n) is 4.10. The number of imidazole rings is 1. The third-order valence-corrected chi connectivity index (χ3v) is 2.67. The van der Waals surface area contributed by atoms with E-state index in [4.69, 9.17) is 0 Å². The van der Waals surface area contributed by atoms with E-state index in [1.54, 1.807) is 18.6 Å². The van der Waals surface area contributed by atoms with Gasteiger partial charge in [-0.05, 0) is 28.8 Å². The number of pyridine rings is 1. The normalized spacial score (nSPS) is 10.3. The fourth-order valence-corrected chi connectivity index (χ4v) is 1.67. The fourth-order valence-electron chi connectivity index (χ4n) is 1.67. The summed E-state index contributed by atoms with van der Waals surface area (Å²) in [5, 5.41) is 13.6. The molecule has 0 atom stereocenters. The van der Waals surface area contributed by atoms with Gasteiger partial charge >= 0.3 is 5.82 Å². The van der Waals surface area contributed by atoms with Crippen LogP contribution in [0.25, 0.3) is 0 Å². The summed E-state index contributed by atoms with van der Waals surface area (Å²) >= 11 is 0. The maximum atomic E-state index is 10.4. The smallest absolute Gasteiger partial charge is 0.363 e. The van der Waals surface area contributed by atoms with Crippen LogP contribution >= 0.6 is 0 Å². The Kier molecular flexibility index (Phi) is 4.44. The van der Waals surface area contributed by atoms with E-state index in [0.29, 0.717) is 0 Å². The van der Waals surface area contributed by atoms with Crippen LogP contribution in [-0.2, 0) is 6.54 Å². The summed E-state index contributed by atoms with van der Waals surface area (Å²) in [7, 11) is 0. The first-order chi connectivity index (χ1) is 9.25. The molecule has 0 saturated carbocycles. The van der Waals surface area contributed by atoms with Crippen molar-refractivity contribution >= 4 is 11.5 Å². The number of rotatable bonds is 7. The summed E-state index contributed by atoms with van der Waals surface area (Å²) in [6.45, 7) is 1.76. The predicted octanol–water partition coefficient (Wildman–Crippen LogP) is 2.08. The summed E-state index contributed by atoms with van der Waals surface area (Å²) in [6, 6.07) is 3.06. The fraction of sp³-hybridized carbons (Fsp3) is 0.333. The molecule has 0 aliphatic carbocycles. The Morgan fingerprint density at radius 2 is 2.26 bits per heavy atom. The van der Waals surface area contributed by atoms with Crippen molar-refractivity contribution in [2.75, 3.05) is 11.9 Å². The van der Waals surface area contributed by atoms with Gasteiger partial charge in [0, 0.05) is 31.5 Å². The van der Waals surface area contributed by atoms with Gasteiger partial charge in [0.05, 0.1) is 12.0 Å². The minimum Gasteiger partial charge on any atom is -0.382 e. The van der Waals surface area contributed by atoms with Gasteiger partial charge in [-0.25, -0.2) is 4.98 Å². The van der Waals surface area contributed by atoms with Gasteiger partial charge < -0.3 is 20.0 Å². The van der Waals surface area contributed by atoms with Gasteiger partial charge in [0.1, 0.15) is 0 Å². The SMILES string of the molecule is O=[N+]([O-])c1ccc(NCCCCn2ccnc2)cn1. The summed E-state index contributed by atoms with van der Waals surface area (Å²) < 4.78 is 2.04. The topological polar surface area (TPSA) is 85.9 Å². The minimum absolute atomic E-state index is 0.134. The summed E-state index contributed by atoms with van der Waals surface area (Å²) in [5.74, 6) is -0.134. The highest BCUT2D eigenvalue weighted by molar-refractivity contribution is 5.43. The highest BCUT2D eigenvalue weighted by Crippen LogP contribution is 2.11. The number of hydrogen-bond donors (Lipinski definition) is 1. The largest absolute Gasteiger partial charge is 0.382 e. The van der Waals surface area contributed by atoms with Crippen LogP contribution in [0.4, 0.5) is 11.5 Å². The quantitative estimate of drug-likeness (QED) is 0.468. The number of aryl methyl sites for hydroxylation is 1. The Morgan fingerprint density at radius 1 is 1.37 bits per heavy atom. The zero-order valence-corrected chi connectivity index (χ0v) is 10.4. The average Bonchev–Trinajstić information content (AvgIpc) is 2.92. The van der Waals surface area contributed by atoms with Crippen molar-refractivity contribution in [3.63, 3.8) is 0 Å². The first kappa shape index (κ1) is 13.0. The molecule has 0 amide bonds. The summed E-state index contributed by atoms with van der Waals surface area (Å²) in [5.41, 5.74) is 0.799. The van der Waals surface area contributed by atoms with Crippen LogP contribution in [0.15, 0.2) is 37.1 Å². The Morgan fingerprint density at radius 3 is 2.89 bits per heavy atom. The van der Waals surface area contributed by atoms with Crippen LogP contribution in [0, 0.1) is 10.1 Å². The molecule has 1 N–H and O–H groups in total. The van der Waals surface area contributed by atoms with Crippen molar-refractivity contribution < 1.29 is 4.92 Å². The molecule has 0 aliphatic heterocycles. The van der Waals surface area contributed by atoms with E-state index in [9.17, 15) is 10.1 Å². The molecule has 2 rings (SSSR count). The Labute approximate surface area is 110 Å². The van der Waals surface area contributed by atoms with Gasteiger partial charge in [0.25, 0.3) is 0 Å². The molecule has 0 saturated heterocycles. The molecule has 2 heterocycles. The first-order valence-electron chi connectivity index (χ1n) is 6.06. The standard InChI is InChI=1S/C12H15N5O2/c18-17(19)12-4-3-11(9-15-12)14-5-1-2-7-16-8-6-13-10-16/h3-4,6,8-10,14H,1-2,5,7H2. The van der Waals surface area contributed by atoms with Crippen molar-refractivity contribution in [2.24, 2.45) is 0 Å². The second-order valence-corrected chi connectivity index (χ2v) is 4.10. The van der Waals surface area contributed by atoms with Crippen molar-refractivity contribution in [1.82, 2.24) is 14.5 Å². The highest BCUT2D eigenvalue weighted by Gasteiger charge is 2.05. The van der Waals surface area contributed by atoms with Gasteiger partial charge in [-0.3, -0.25) is 0 Å². The molecule has 0 unspecified atom stereocenters. The molecule has 0 spiro atoms. The number of nitrogens with zero attached hydrogens (tertiary/aromatic N) is 4. The van der Waals surface area contributed by atoms with Gasteiger partial charge in [-0.15, -0.1) is 0 Å². The van der Waals surface area contributed by atoms with E-state index < -0.39 is 4.92 Å². The van der Waals surface area contributed by atoms with Gasteiger partial charge in [0.15, 0.2) is 6.20 Å². The van der Waals surface area contributed by atoms with Crippen molar-refractivity contribution in [1.29, 1.82) is 0 Å². The van der Waals surface area contributed by atoms with E-state index >= 15 is 0 Å². The lowest BCUT2D eigenvalue weighted by Gasteiger charge is -2.05. The molecular weight excluding hydrogens is 246 g/mol. The first-order valence-corrected chi connectivity index (χ1v) is 6.06. The zero-order valence-electron chi connectivity index (χ0n) is 10.4. The molecule has 2 aromatic heterocycles. The highest BCUT2D eigenvalue weighted by atomic mass is 16.6. The molecule has 100 valence electrons. The molecule has 7 heteroatoms. The Bertz CT molecular complexity index is 509. The number of aromatic nitrogens is 3. The minimum atomic E-state index is -0.505. The van der Waals surface area contributed by atoms with Crippen LogP contribution in [0.5, 0.6) is 0 Å². The van der Waals surface area contributed by atoms with Crippen LogP contribution in [-0.4, -0.2) is 26.0 Å². The van der Waals surface area contributed by atoms with Crippen molar-refractivity contribution in [2.45, 2.75) is 19.4 Å². The lowest BCUT2D eigenvalue weighted by molar-refractivity contribution is -0.389. The number of nitrogens with one attached hydrogen (secondary N) is 1. The average molecular weight is 261 g/mol. The van der Waals surface area contributed by atoms with E-state index in [0.717, 1.165) is 31.6 Å². The van der Waals surface area contributed by atoms with E-state index in [1.165, 1.54) is 12.3 Å². The number of unbranched alkanes of at least 4 members (excludes halogenated alkanes) is 1. The van der Waals surface area contributed by atoms with Gasteiger partial charge in [-0.2, -0.15) is 0 Å². The van der Waals surface area contributed by atoms with E-state index in [1.807, 2.05) is 10.8 Å². The maximum absolute atomic E-state index is 10.4. The molecule has 0 bridgehead atoms. The molecule has 0 aromatic carbocycles. The number of anilines is 1. The van der Waals surface area contributed by atoms with Crippen molar-refractivity contribution in [3.8, 4) is 0 Å². The van der Waals surface area contributed by atoms with Crippen LogP contribution in [0.1, 0.15) is 12.8 Å². The molecule has 7 nitrogen and oxygen atoms in total. The third-order valence-electron chi connectivity index (χ3n) is 2.67. The molecule has 0 radical (unpaired) electrons. The van der Waals surface area contributed by atoms with Crippen LogP contribution in [0.3, 0.4) is 0 Å². The lowest BCUT2D eigenvalue weighted by atomic mass is 10.3. The monoisotopic (exact) mass is 261 g/mol. The lowest BCUT2D eigenvalue weighted by Crippen LogP contribution is -2.04. The Balaban J connectivity index is 1.66. The van der Waals surface area contributed by atoms with Crippen LogP contribution in [0.2, 0.25) is 0 Å². The van der Waals surface area contributed by atoms with Gasteiger partial charge in [-0.1, -0.05) is 0 Å². The second kappa shape index (κ2) is 6.48. The van der Waals surface area contributed by atoms with Gasteiger partial charge in [0.2, 0.25) is 0 Å². The summed E-state index contributed by atoms with van der Waals surface area (Å²) in [6.07, 6.45) is 9.04. The molecule has 19 heavy (non-hydrogen) atoms.